The highest BCUT2D eigenvalue weighted by Gasteiger charge is 2.47. The van der Waals surface area contributed by atoms with E-state index in [9.17, 15) is 13.2 Å². The fourth-order valence-corrected chi connectivity index (χ4v) is 3.60. The summed E-state index contributed by atoms with van der Waals surface area (Å²) in [5, 5.41) is 2.88. The lowest BCUT2D eigenvalue weighted by atomic mass is 10.0. The standard InChI is InChI=1S/C14H18N2O3S/c1-20(18,19)16-13-4-2-3-12(8-13)15-14(17)11-6-9-5-10(9)7-11/h2-4,8-11,16H,5-7H2,1H3,(H,15,17). The second kappa shape index (κ2) is 4.77. The average Bonchev–Trinajstić information content (AvgIpc) is 2.94. The van der Waals surface area contributed by atoms with Gasteiger partial charge in [-0.3, -0.25) is 9.52 Å². The molecule has 3 rings (SSSR count). The summed E-state index contributed by atoms with van der Waals surface area (Å²) in [7, 11) is -3.30. The maximum absolute atomic E-state index is 12.1. The molecule has 2 aliphatic carbocycles. The Morgan fingerprint density at radius 2 is 1.80 bits per heavy atom. The van der Waals surface area contributed by atoms with Gasteiger partial charge in [0.1, 0.15) is 0 Å². The highest BCUT2D eigenvalue weighted by molar-refractivity contribution is 7.92. The molecular formula is C14H18N2O3S. The topological polar surface area (TPSA) is 75.3 Å². The highest BCUT2D eigenvalue weighted by atomic mass is 32.2. The number of hydrogen-bond donors (Lipinski definition) is 2. The quantitative estimate of drug-likeness (QED) is 0.892. The Bertz CT molecular complexity index is 632. The zero-order chi connectivity index (χ0) is 14.3. The van der Waals surface area contributed by atoms with Crippen molar-refractivity contribution in [2.24, 2.45) is 17.8 Å². The van der Waals surface area contributed by atoms with Crippen LogP contribution in [0.25, 0.3) is 0 Å². The Kier molecular flexibility index (Phi) is 3.20. The molecule has 2 aliphatic rings. The third-order valence-corrected chi connectivity index (χ3v) is 4.65. The van der Waals surface area contributed by atoms with E-state index in [1.54, 1.807) is 24.3 Å². The van der Waals surface area contributed by atoms with Crippen LogP contribution >= 0.6 is 0 Å². The molecule has 0 saturated heterocycles. The van der Waals surface area contributed by atoms with Gasteiger partial charge in [-0.05, 0) is 49.3 Å². The summed E-state index contributed by atoms with van der Waals surface area (Å²) < 4.78 is 24.8. The molecule has 1 amide bonds. The van der Waals surface area contributed by atoms with Crippen LogP contribution in [0.2, 0.25) is 0 Å². The Morgan fingerprint density at radius 3 is 2.45 bits per heavy atom. The van der Waals surface area contributed by atoms with Gasteiger partial charge in [-0.2, -0.15) is 0 Å². The Balaban J connectivity index is 1.65. The zero-order valence-electron chi connectivity index (χ0n) is 11.3. The van der Waals surface area contributed by atoms with Crippen molar-refractivity contribution in [3.05, 3.63) is 24.3 Å². The molecule has 0 bridgehead atoms. The molecule has 2 saturated carbocycles. The number of hydrogen-bond acceptors (Lipinski definition) is 3. The van der Waals surface area contributed by atoms with Gasteiger partial charge < -0.3 is 5.32 Å². The van der Waals surface area contributed by atoms with Crippen LogP contribution in [0.5, 0.6) is 0 Å². The predicted molar refractivity (Wildman–Crippen MR) is 77.9 cm³/mol. The monoisotopic (exact) mass is 294 g/mol. The smallest absolute Gasteiger partial charge is 0.229 e. The lowest BCUT2D eigenvalue weighted by molar-refractivity contribution is -0.120. The van der Waals surface area contributed by atoms with Crippen LogP contribution in [0, 0.1) is 17.8 Å². The number of rotatable bonds is 4. The molecule has 20 heavy (non-hydrogen) atoms. The third-order valence-electron chi connectivity index (χ3n) is 4.05. The van der Waals surface area contributed by atoms with Gasteiger partial charge in [-0.25, -0.2) is 8.42 Å². The number of carbonyl (C=O) groups excluding carboxylic acids is 1. The second-order valence-corrected chi connectivity index (χ2v) is 7.62. The van der Waals surface area contributed by atoms with Gasteiger partial charge in [0, 0.05) is 11.6 Å². The summed E-state index contributed by atoms with van der Waals surface area (Å²) in [6, 6.07) is 6.77. The minimum atomic E-state index is -3.30. The van der Waals surface area contributed by atoms with Crippen molar-refractivity contribution in [1.82, 2.24) is 0 Å². The first-order chi connectivity index (χ1) is 9.40. The molecule has 0 heterocycles. The molecular weight excluding hydrogens is 276 g/mol. The first kappa shape index (κ1) is 13.4. The van der Waals surface area contributed by atoms with Gasteiger partial charge in [0.05, 0.1) is 11.9 Å². The molecule has 5 nitrogen and oxygen atoms in total. The van der Waals surface area contributed by atoms with Gasteiger partial charge in [0.25, 0.3) is 0 Å². The first-order valence-electron chi connectivity index (χ1n) is 6.79. The van der Waals surface area contributed by atoms with Crippen molar-refractivity contribution in [2.45, 2.75) is 19.3 Å². The molecule has 0 spiro atoms. The Morgan fingerprint density at radius 1 is 1.15 bits per heavy atom. The number of carbonyl (C=O) groups is 1. The number of sulfonamides is 1. The number of amides is 1. The first-order valence-corrected chi connectivity index (χ1v) is 8.68. The maximum Gasteiger partial charge on any atom is 0.229 e. The molecule has 6 heteroatoms. The Hall–Kier alpha value is -1.56. The molecule has 0 aliphatic heterocycles. The molecule has 2 atom stereocenters. The van der Waals surface area contributed by atoms with Crippen LogP contribution in [-0.4, -0.2) is 20.6 Å². The summed E-state index contributed by atoms with van der Waals surface area (Å²) in [5.41, 5.74) is 1.09. The fourth-order valence-electron chi connectivity index (χ4n) is 3.05. The average molecular weight is 294 g/mol. The summed E-state index contributed by atoms with van der Waals surface area (Å²) in [5.74, 6) is 1.70. The van der Waals surface area contributed by atoms with Crippen molar-refractivity contribution < 1.29 is 13.2 Å². The number of nitrogens with one attached hydrogen (secondary N) is 2. The number of fused-ring (bicyclic) bond motifs is 1. The van der Waals surface area contributed by atoms with Crippen molar-refractivity contribution in [2.75, 3.05) is 16.3 Å². The van der Waals surface area contributed by atoms with E-state index in [0.717, 1.165) is 30.9 Å². The molecule has 2 unspecified atom stereocenters. The normalized spacial score (nSPS) is 27.8. The van der Waals surface area contributed by atoms with Gasteiger partial charge in [0.2, 0.25) is 15.9 Å². The van der Waals surface area contributed by atoms with Crippen molar-refractivity contribution in [3.8, 4) is 0 Å². The van der Waals surface area contributed by atoms with Crippen LogP contribution in [-0.2, 0) is 14.8 Å². The lowest BCUT2D eigenvalue weighted by Gasteiger charge is -2.13. The van der Waals surface area contributed by atoms with Crippen LogP contribution in [0.15, 0.2) is 24.3 Å². The van der Waals surface area contributed by atoms with Crippen LogP contribution in [0.1, 0.15) is 19.3 Å². The minimum Gasteiger partial charge on any atom is -0.326 e. The predicted octanol–water partition coefficient (Wildman–Crippen LogP) is 2.04. The minimum absolute atomic E-state index is 0.0497. The van der Waals surface area contributed by atoms with Crippen molar-refractivity contribution in [3.63, 3.8) is 0 Å². The lowest BCUT2D eigenvalue weighted by Crippen LogP contribution is -2.21. The summed E-state index contributed by atoms with van der Waals surface area (Å²) in [6.07, 6.45) is 4.39. The van der Waals surface area contributed by atoms with E-state index in [1.807, 2.05) is 0 Å². The highest BCUT2D eigenvalue weighted by Crippen LogP contribution is 2.54. The molecule has 108 valence electrons. The summed E-state index contributed by atoms with van der Waals surface area (Å²) >= 11 is 0. The fraction of sp³-hybridized carbons (Fsp3) is 0.500. The molecule has 2 N–H and O–H groups in total. The Labute approximate surface area is 118 Å². The van der Waals surface area contributed by atoms with Gasteiger partial charge >= 0.3 is 0 Å². The SMILES string of the molecule is CS(=O)(=O)Nc1cccc(NC(=O)C2CC3CC3C2)c1. The molecule has 1 aromatic carbocycles. The number of benzene rings is 1. The van der Waals surface area contributed by atoms with Gasteiger partial charge in [-0.1, -0.05) is 6.07 Å². The van der Waals surface area contributed by atoms with E-state index in [2.05, 4.69) is 10.0 Å². The van der Waals surface area contributed by atoms with Gasteiger partial charge in [-0.15, -0.1) is 0 Å². The van der Waals surface area contributed by atoms with Crippen LogP contribution < -0.4 is 10.0 Å². The summed E-state index contributed by atoms with van der Waals surface area (Å²) in [4.78, 5) is 12.1. The zero-order valence-corrected chi connectivity index (χ0v) is 12.1. The van der Waals surface area contributed by atoms with E-state index in [4.69, 9.17) is 0 Å². The second-order valence-electron chi connectivity index (χ2n) is 5.87. The van der Waals surface area contributed by atoms with Crippen molar-refractivity contribution in [1.29, 1.82) is 0 Å². The molecule has 2 fully saturated rings. The van der Waals surface area contributed by atoms with E-state index in [-0.39, 0.29) is 11.8 Å². The maximum atomic E-state index is 12.1. The van der Waals surface area contributed by atoms with Crippen LogP contribution in [0.3, 0.4) is 0 Å². The van der Waals surface area contributed by atoms with E-state index >= 15 is 0 Å². The van der Waals surface area contributed by atoms with Crippen molar-refractivity contribution >= 4 is 27.3 Å². The summed E-state index contributed by atoms with van der Waals surface area (Å²) in [6.45, 7) is 0. The molecule has 0 radical (unpaired) electrons. The van der Waals surface area contributed by atoms with Gasteiger partial charge in [0.15, 0.2) is 0 Å². The molecule has 1 aromatic rings. The van der Waals surface area contributed by atoms with E-state index in [1.165, 1.54) is 6.42 Å². The third kappa shape index (κ3) is 3.12. The van der Waals surface area contributed by atoms with E-state index in [0.29, 0.717) is 11.4 Å². The van der Waals surface area contributed by atoms with E-state index < -0.39 is 10.0 Å². The number of anilines is 2. The van der Waals surface area contributed by atoms with Crippen LogP contribution in [0.4, 0.5) is 11.4 Å². The molecule has 0 aromatic heterocycles. The largest absolute Gasteiger partial charge is 0.326 e.